The normalized spacial score (nSPS) is 14.9. The molecule has 1 saturated carbocycles. The summed E-state index contributed by atoms with van der Waals surface area (Å²) in [6, 6.07) is 10.3. The van der Waals surface area contributed by atoms with Crippen LogP contribution in [0.3, 0.4) is 0 Å². The number of nitrogens with one attached hydrogen (secondary N) is 1. The van der Waals surface area contributed by atoms with Crippen molar-refractivity contribution in [3.63, 3.8) is 0 Å². The van der Waals surface area contributed by atoms with E-state index in [1.165, 1.54) is 22.8 Å². The molecule has 1 aliphatic rings. The lowest BCUT2D eigenvalue weighted by molar-refractivity contribution is -0.122. The van der Waals surface area contributed by atoms with E-state index in [1.54, 1.807) is 37.4 Å². The molecule has 0 bridgehead atoms. The molecular formula is C20H25N3O4S. The summed E-state index contributed by atoms with van der Waals surface area (Å²) < 4.78 is 32.6. The molecule has 28 heavy (non-hydrogen) atoms. The van der Waals surface area contributed by atoms with E-state index in [-0.39, 0.29) is 29.9 Å². The number of carbonyl (C=O) groups is 1. The van der Waals surface area contributed by atoms with Crippen LogP contribution in [0, 0.1) is 0 Å². The van der Waals surface area contributed by atoms with Gasteiger partial charge in [0.05, 0.1) is 13.7 Å². The second-order valence-corrected chi connectivity index (χ2v) is 8.80. The second-order valence-electron chi connectivity index (χ2n) is 6.86. The number of ether oxygens (including phenoxy) is 1. The number of hydrogen-bond acceptors (Lipinski definition) is 5. The topological polar surface area (TPSA) is 88.6 Å². The Bertz CT molecular complexity index is 879. The summed E-state index contributed by atoms with van der Waals surface area (Å²) in [5.74, 6) is 0.400. The third-order valence-electron chi connectivity index (χ3n) is 4.83. The zero-order chi connectivity index (χ0) is 20.0. The Kier molecular flexibility index (Phi) is 6.64. The molecule has 150 valence electrons. The Labute approximate surface area is 165 Å². The largest absolute Gasteiger partial charge is 0.497 e. The van der Waals surface area contributed by atoms with Gasteiger partial charge in [0.2, 0.25) is 15.9 Å². The number of sulfonamides is 1. The van der Waals surface area contributed by atoms with Crippen molar-refractivity contribution in [1.82, 2.24) is 14.6 Å². The van der Waals surface area contributed by atoms with Crippen LogP contribution in [0.2, 0.25) is 0 Å². The summed E-state index contributed by atoms with van der Waals surface area (Å²) in [4.78, 5) is 16.5. The molecular weight excluding hydrogens is 378 g/mol. The first kappa shape index (κ1) is 20.3. The monoisotopic (exact) mass is 403 g/mol. The molecule has 3 rings (SSSR count). The second kappa shape index (κ2) is 9.16. The van der Waals surface area contributed by atoms with Gasteiger partial charge in [0.1, 0.15) is 10.6 Å². The van der Waals surface area contributed by atoms with Crippen LogP contribution in [-0.4, -0.2) is 43.3 Å². The molecule has 0 saturated heterocycles. The number of pyridine rings is 1. The Morgan fingerprint density at radius 1 is 1.21 bits per heavy atom. The molecule has 0 radical (unpaired) electrons. The van der Waals surface area contributed by atoms with Gasteiger partial charge in [0, 0.05) is 25.0 Å². The van der Waals surface area contributed by atoms with Gasteiger partial charge in [0.15, 0.2) is 0 Å². The molecule has 1 fully saturated rings. The minimum absolute atomic E-state index is 0.0668. The first-order valence-electron chi connectivity index (χ1n) is 9.31. The molecule has 0 atom stereocenters. The van der Waals surface area contributed by atoms with Crippen LogP contribution >= 0.6 is 0 Å². The molecule has 1 aromatic heterocycles. The first-order chi connectivity index (χ1) is 13.5. The maximum Gasteiger partial charge on any atom is 0.245 e. The molecule has 1 aromatic carbocycles. The first-order valence-corrected chi connectivity index (χ1v) is 10.8. The van der Waals surface area contributed by atoms with Crippen molar-refractivity contribution in [1.29, 1.82) is 0 Å². The molecule has 1 heterocycles. The Morgan fingerprint density at radius 3 is 2.54 bits per heavy atom. The fourth-order valence-electron chi connectivity index (χ4n) is 3.31. The van der Waals surface area contributed by atoms with E-state index < -0.39 is 10.0 Å². The summed E-state index contributed by atoms with van der Waals surface area (Å²) in [5, 5.41) is 2.96. The Hall–Kier alpha value is -2.45. The molecule has 1 N–H and O–H groups in total. The number of hydrogen-bond donors (Lipinski definition) is 1. The number of aromatic nitrogens is 1. The number of methoxy groups -OCH3 is 1. The maximum absolute atomic E-state index is 13.1. The lowest BCUT2D eigenvalue weighted by atomic mass is 10.2. The SMILES string of the molecule is COc1ccc(CN(CC(=O)NC2CCCC2)S(=O)(=O)c2cccnc2)cc1. The highest BCUT2D eigenvalue weighted by atomic mass is 32.2. The van der Waals surface area contributed by atoms with Gasteiger partial charge in [0.25, 0.3) is 0 Å². The van der Waals surface area contributed by atoms with E-state index in [0.717, 1.165) is 31.2 Å². The van der Waals surface area contributed by atoms with Crippen LogP contribution in [0.25, 0.3) is 0 Å². The van der Waals surface area contributed by atoms with Crippen molar-refractivity contribution < 1.29 is 17.9 Å². The third-order valence-corrected chi connectivity index (χ3v) is 6.61. The molecule has 8 heteroatoms. The van der Waals surface area contributed by atoms with E-state index in [0.29, 0.717) is 5.75 Å². The van der Waals surface area contributed by atoms with Crippen LogP contribution in [0.15, 0.2) is 53.7 Å². The van der Waals surface area contributed by atoms with Gasteiger partial charge in [-0.25, -0.2) is 8.42 Å². The van der Waals surface area contributed by atoms with Crippen LogP contribution in [0.1, 0.15) is 31.2 Å². The van der Waals surface area contributed by atoms with Gasteiger partial charge < -0.3 is 10.1 Å². The predicted molar refractivity (Wildman–Crippen MR) is 105 cm³/mol. The summed E-state index contributed by atoms with van der Waals surface area (Å²) >= 11 is 0. The van der Waals surface area contributed by atoms with Gasteiger partial charge in [-0.15, -0.1) is 0 Å². The number of benzene rings is 1. The van der Waals surface area contributed by atoms with Crippen LogP contribution in [0.4, 0.5) is 0 Å². The minimum Gasteiger partial charge on any atom is -0.497 e. The van der Waals surface area contributed by atoms with E-state index in [2.05, 4.69) is 10.3 Å². The lowest BCUT2D eigenvalue weighted by Crippen LogP contribution is -2.43. The van der Waals surface area contributed by atoms with Crippen LogP contribution in [0.5, 0.6) is 5.75 Å². The fourth-order valence-corrected chi connectivity index (χ4v) is 4.66. The van der Waals surface area contributed by atoms with Crippen molar-refractivity contribution in [2.45, 2.75) is 43.2 Å². The van der Waals surface area contributed by atoms with Crippen molar-refractivity contribution >= 4 is 15.9 Å². The lowest BCUT2D eigenvalue weighted by Gasteiger charge is -2.23. The van der Waals surface area contributed by atoms with E-state index >= 15 is 0 Å². The number of amides is 1. The average Bonchev–Trinajstić information content (AvgIpc) is 3.21. The molecule has 0 spiro atoms. The summed E-state index contributed by atoms with van der Waals surface area (Å²) in [6.45, 7) is -0.154. The Balaban J connectivity index is 1.80. The third kappa shape index (κ3) is 5.08. The molecule has 2 aromatic rings. The van der Waals surface area contributed by atoms with Gasteiger partial charge in [-0.3, -0.25) is 9.78 Å². The van der Waals surface area contributed by atoms with Gasteiger partial charge in [-0.1, -0.05) is 25.0 Å². The smallest absolute Gasteiger partial charge is 0.245 e. The van der Waals surface area contributed by atoms with Gasteiger partial charge in [-0.2, -0.15) is 4.31 Å². The zero-order valence-electron chi connectivity index (χ0n) is 15.9. The standard InChI is InChI=1S/C20H25N3O4S/c1-27-18-10-8-16(9-11-18)14-23(15-20(24)22-17-5-2-3-6-17)28(25,26)19-7-4-12-21-13-19/h4,7-13,17H,2-3,5-6,14-15H2,1H3,(H,22,24). The van der Waals surface area contributed by atoms with Crippen molar-refractivity contribution in [3.05, 3.63) is 54.4 Å². The summed E-state index contributed by atoms with van der Waals surface area (Å²) in [6.07, 6.45) is 6.88. The number of rotatable bonds is 8. The molecule has 0 aliphatic heterocycles. The van der Waals surface area contributed by atoms with Crippen molar-refractivity contribution in [3.8, 4) is 5.75 Å². The number of carbonyl (C=O) groups excluding carboxylic acids is 1. The predicted octanol–water partition coefficient (Wildman–Crippen LogP) is 2.34. The zero-order valence-corrected chi connectivity index (χ0v) is 16.7. The average molecular weight is 404 g/mol. The highest BCUT2D eigenvalue weighted by Crippen LogP contribution is 2.20. The van der Waals surface area contributed by atoms with Gasteiger partial charge in [-0.05, 0) is 42.7 Å². The Morgan fingerprint density at radius 2 is 1.93 bits per heavy atom. The fraction of sp³-hybridized carbons (Fsp3) is 0.400. The van der Waals surface area contributed by atoms with E-state index in [9.17, 15) is 13.2 Å². The highest BCUT2D eigenvalue weighted by Gasteiger charge is 2.28. The highest BCUT2D eigenvalue weighted by molar-refractivity contribution is 7.89. The summed E-state index contributed by atoms with van der Waals surface area (Å²) in [7, 11) is -2.29. The van der Waals surface area contributed by atoms with Crippen molar-refractivity contribution in [2.24, 2.45) is 0 Å². The van der Waals surface area contributed by atoms with E-state index in [1.807, 2.05) is 0 Å². The summed E-state index contributed by atoms with van der Waals surface area (Å²) in [5.41, 5.74) is 0.766. The number of nitrogens with zero attached hydrogens (tertiary/aromatic N) is 2. The quantitative estimate of drug-likeness (QED) is 0.731. The minimum atomic E-state index is -3.86. The van der Waals surface area contributed by atoms with Crippen LogP contribution < -0.4 is 10.1 Å². The molecule has 0 unspecified atom stereocenters. The maximum atomic E-state index is 13.1. The van der Waals surface area contributed by atoms with Crippen LogP contribution in [-0.2, 0) is 21.4 Å². The van der Waals surface area contributed by atoms with Crippen molar-refractivity contribution in [2.75, 3.05) is 13.7 Å². The molecule has 1 aliphatic carbocycles. The van der Waals surface area contributed by atoms with Gasteiger partial charge >= 0.3 is 0 Å². The molecule has 1 amide bonds. The molecule has 7 nitrogen and oxygen atoms in total. The van der Waals surface area contributed by atoms with E-state index in [4.69, 9.17) is 4.74 Å².